The van der Waals surface area contributed by atoms with Gasteiger partial charge >= 0.3 is 12.0 Å². The number of amides is 2. The third-order valence-electron chi connectivity index (χ3n) is 2.92. The number of cyclic esters (lactones) is 1. The Kier molecular flexibility index (Phi) is 1.40. The molecule has 2 amide bonds. The number of rotatable bonds is 0. The van der Waals surface area contributed by atoms with Gasteiger partial charge in [0.25, 0.3) is 0 Å². The molecule has 5 heteroatoms. The van der Waals surface area contributed by atoms with Crippen LogP contribution in [0.25, 0.3) is 0 Å². The predicted molar refractivity (Wildman–Crippen MR) is 46.2 cm³/mol. The summed E-state index contributed by atoms with van der Waals surface area (Å²) in [5, 5.41) is 2.76. The van der Waals surface area contributed by atoms with Crippen LogP contribution in [0.4, 0.5) is 4.79 Å². The molecule has 74 valence electrons. The number of nitrogens with zero attached hydrogens (tertiary/aromatic N) is 1. The SMILES string of the molecule is O=C1OCC2NC(=O)N3CCCC3=C12. The van der Waals surface area contributed by atoms with E-state index in [0.717, 1.165) is 18.5 Å². The number of hydrogen-bond donors (Lipinski definition) is 1. The lowest BCUT2D eigenvalue weighted by atomic mass is 10.0. The Morgan fingerprint density at radius 2 is 2.29 bits per heavy atom. The van der Waals surface area contributed by atoms with E-state index in [1.807, 2.05) is 0 Å². The zero-order valence-electron chi connectivity index (χ0n) is 7.58. The van der Waals surface area contributed by atoms with Crippen LogP contribution < -0.4 is 5.32 Å². The van der Waals surface area contributed by atoms with Crippen molar-refractivity contribution >= 4 is 12.0 Å². The summed E-state index contributed by atoms with van der Waals surface area (Å²) in [6.07, 6.45) is 1.75. The molecular weight excluding hydrogens is 184 g/mol. The summed E-state index contributed by atoms with van der Waals surface area (Å²) < 4.78 is 4.92. The summed E-state index contributed by atoms with van der Waals surface area (Å²) in [5.74, 6) is -0.267. The monoisotopic (exact) mass is 194 g/mol. The van der Waals surface area contributed by atoms with Crippen molar-refractivity contribution in [3.05, 3.63) is 11.3 Å². The minimum absolute atomic E-state index is 0.0930. The number of fused-ring (bicyclic) bond motifs is 2. The Labute approximate surface area is 80.7 Å². The van der Waals surface area contributed by atoms with Crippen LogP contribution >= 0.6 is 0 Å². The molecule has 1 N–H and O–H groups in total. The molecule has 0 saturated carbocycles. The van der Waals surface area contributed by atoms with E-state index >= 15 is 0 Å². The van der Waals surface area contributed by atoms with Gasteiger partial charge in [-0.05, 0) is 12.8 Å². The summed E-state index contributed by atoms with van der Waals surface area (Å²) in [6.45, 7) is 1.00. The fourth-order valence-electron chi connectivity index (χ4n) is 2.30. The molecule has 3 heterocycles. The van der Waals surface area contributed by atoms with Crippen LogP contribution in [0, 0.1) is 0 Å². The first-order chi connectivity index (χ1) is 6.77. The molecule has 0 aromatic rings. The Morgan fingerprint density at radius 3 is 3.14 bits per heavy atom. The first kappa shape index (κ1) is 7.84. The molecule has 3 rings (SSSR count). The third kappa shape index (κ3) is 0.840. The van der Waals surface area contributed by atoms with Gasteiger partial charge < -0.3 is 10.1 Å². The number of hydrogen-bond acceptors (Lipinski definition) is 3. The van der Waals surface area contributed by atoms with Crippen LogP contribution in [-0.2, 0) is 9.53 Å². The van der Waals surface area contributed by atoms with E-state index in [0.29, 0.717) is 12.1 Å². The van der Waals surface area contributed by atoms with Crippen LogP contribution in [0.2, 0.25) is 0 Å². The molecule has 0 aliphatic carbocycles. The number of nitrogens with one attached hydrogen (secondary N) is 1. The van der Waals surface area contributed by atoms with Gasteiger partial charge in [0, 0.05) is 12.2 Å². The smallest absolute Gasteiger partial charge is 0.338 e. The minimum Gasteiger partial charge on any atom is -0.460 e. The van der Waals surface area contributed by atoms with Gasteiger partial charge in [0.15, 0.2) is 0 Å². The normalized spacial score (nSPS) is 30.0. The molecule has 1 atom stereocenters. The van der Waals surface area contributed by atoms with Crippen molar-refractivity contribution in [3.63, 3.8) is 0 Å². The predicted octanol–water partition coefficient (Wildman–Crippen LogP) is -0.0151. The summed E-state index contributed by atoms with van der Waals surface area (Å²) in [7, 11) is 0. The zero-order chi connectivity index (χ0) is 9.71. The number of urea groups is 1. The zero-order valence-corrected chi connectivity index (χ0v) is 7.58. The van der Waals surface area contributed by atoms with E-state index in [1.54, 1.807) is 4.90 Å². The van der Waals surface area contributed by atoms with E-state index in [4.69, 9.17) is 4.74 Å². The van der Waals surface area contributed by atoms with Gasteiger partial charge in [0.05, 0.1) is 11.6 Å². The Hall–Kier alpha value is -1.52. The molecule has 2 fully saturated rings. The van der Waals surface area contributed by atoms with Gasteiger partial charge in [-0.25, -0.2) is 9.59 Å². The molecule has 0 spiro atoms. The molecule has 0 aromatic heterocycles. The fraction of sp³-hybridized carbons (Fsp3) is 0.556. The van der Waals surface area contributed by atoms with Crippen LogP contribution in [0.3, 0.4) is 0 Å². The maximum Gasteiger partial charge on any atom is 0.338 e. The molecule has 14 heavy (non-hydrogen) atoms. The second-order valence-electron chi connectivity index (χ2n) is 3.72. The van der Waals surface area contributed by atoms with E-state index < -0.39 is 0 Å². The van der Waals surface area contributed by atoms with Crippen molar-refractivity contribution in [2.45, 2.75) is 18.9 Å². The van der Waals surface area contributed by atoms with Crippen molar-refractivity contribution in [1.29, 1.82) is 0 Å². The van der Waals surface area contributed by atoms with Crippen molar-refractivity contribution in [1.82, 2.24) is 10.2 Å². The maximum absolute atomic E-state index is 11.5. The first-order valence-electron chi connectivity index (χ1n) is 4.75. The number of ether oxygens (including phenoxy) is 1. The first-order valence-corrected chi connectivity index (χ1v) is 4.75. The molecule has 2 saturated heterocycles. The fourth-order valence-corrected chi connectivity index (χ4v) is 2.30. The molecule has 5 nitrogen and oxygen atoms in total. The van der Waals surface area contributed by atoms with Gasteiger partial charge in [-0.2, -0.15) is 0 Å². The molecular formula is C9H10N2O3. The highest BCUT2D eigenvalue weighted by atomic mass is 16.5. The summed E-state index contributed by atoms with van der Waals surface area (Å²) >= 11 is 0. The van der Waals surface area contributed by atoms with Crippen molar-refractivity contribution < 1.29 is 14.3 Å². The number of carbonyl (C=O) groups excluding carboxylic acids is 2. The molecule has 0 radical (unpaired) electrons. The highest BCUT2D eigenvalue weighted by Gasteiger charge is 2.43. The van der Waals surface area contributed by atoms with Gasteiger partial charge in [-0.1, -0.05) is 0 Å². The van der Waals surface area contributed by atoms with Gasteiger partial charge in [-0.3, -0.25) is 4.90 Å². The molecule has 0 aromatic carbocycles. The lowest BCUT2D eigenvalue weighted by molar-refractivity contribution is -0.135. The van der Waals surface area contributed by atoms with Crippen LogP contribution in [0.15, 0.2) is 11.3 Å². The van der Waals surface area contributed by atoms with Crippen LogP contribution in [0.1, 0.15) is 12.8 Å². The summed E-state index contributed by atoms with van der Waals surface area (Å²) in [5.41, 5.74) is 1.54. The largest absolute Gasteiger partial charge is 0.460 e. The molecule has 3 aliphatic heterocycles. The lowest BCUT2D eigenvalue weighted by Crippen LogP contribution is -2.49. The van der Waals surface area contributed by atoms with Crippen LogP contribution in [-0.4, -0.2) is 36.1 Å². The van der Waals surface area contributed by atoms with Crippen LogP contribution in [0.5, 0.6) is 0 Å². The second-order valence-corrected chi connectivity index (χ2v) is 3.72. The van der Waals surface area contributed by atoms with E-state index in [9.17, 15) is 9.59 Å². The third-order valence-corrected chi connectivity index (χ3v) is 2.92. The highest BCUT2D eigenvalue weighted by Crippen LogP contribution is 2.32. The lowest BCUT2D eigenvalue weighted by Gasteiger charge is -2.27. The number of allylic oxidation sites excluding steroid dienone is 1. The van der Waals surface area contributed by atoms with Gasteiger partial charge in [0.1, 0.15) is 6.61 Å². The van der Waals surface area contributed by atoms with E-state index in [1.165, 1.54) is 0 Å². The quantitative estimate of drug-likeness (QED) is 0.551. The molecule has 3 aliphatic rings. The summed E-state index contributed by atoms with van der Waals surface area (Å²) in [6, 6.07) is -0.302. The molecule has 0 bridgehead atoms. The topological polar surface area (TPSA) is 58.6 Å². The van der Waals surface area contributed by atoms with E-state index in [2.05, 4.69) is 5.32 Å². The number of esters is 1. The minimum atomic E-state index is -0.267. The average molecular weight is 194 g/mol. The number of carbonyl (C=O) groups is 2. The van der Waals surface area contributed by atoms with Crippen molar-refractivity contribution in [2.24, 2.45) is 0 Å². The standard InChI is InChI=1S/C9H10N2O3/c12-8-7-5(4-14-8)10-9(13)11-3-1-2-6(7)11/h5H,1-4H2,(H,10,13). The molecule has 1 unspecified atom stereocenters. The van der Waals surface area contributed by atoms with Gasteiger partial charge in [0.2, 0.25) is 0 Å². The Balaban J connectivity index is 2.12. The summed E-state index contributed by atoms with van der Waals surface area (Å²) in [4.78, 5) is 24.6. The van der Waals surface area contributed by atoms with Crippen molar-refractivity contribution in [3.8, 4) is 0 Å². The second kappa shape index (κ2) is 2.50. The van der Waals surface area contributed by atoms with E-state index in [-0.39, 0.29) is 24.6 Å². The maximum atomic E-state index is 11.5. The highest BCUT2D eigenvalue weighted by molar-refractivity contribution is 5.97. The Morgan fingerprint density at radius 1 is 1.43 bits per heavy atom. The Bertz CT molecular complexity index is 361. The van der Waals surface area contributed by atoms with Crippen molar-refractivity contribution in [2.75, 3.05) is 13.2 Å². The average Bonchev–Trinajstić information content (AvgIpc) is 2.72. The van der Waals surface area contributed by atoms with Gasteiger partial charge in [-0.15, -0.1) is 0 Å².